The van der Waals surface area contributed by atoms with Crippen LogP contribution in [0.4, 0.5) is 0 Å². The average Bonchev–Trinajstić information content (AvgIpc) is 3.26. The minimum atomic E-state index is 0.0120. The van der Waals surface area contributed by atoms with Crippen LogP contribution < -0.4 is 5.56 Å². The van der Waals surface area contributed by atoms with Gasteiger partial charge in [0, 0.05) is 21.5 Å². The molecule has 3 heterocycles. The van der Waals surface area contributed by atoms with Gasteiger partial charge in [-0.25, -0.2) is 4.98 Å². The van der Waals surface area contributed by atoms with Crippen LogP contribution in [0.5, 0.6) is 0 Å². The highest BCUT2D eigenvalue weighted by Crippen LogP contribution is 2.29. The molecule has 144 valence electrons. The number of aryl methyl sites for hydroxylation is 2. The van der Waals surface area contributed by atoms with Crippen molar-refractivity contribution in [1.29, 1.82) is 0 Å². The molecule has 0 bridgehead atoms. The monoisotopic (exact) mass is 476 g/mol. The first-order chi connectivity index (χ1) is 13.5. The smallest absolute Gasteiger partial charge is 0.263 e. The SMILES string of the molecule is CCn1c(SCc2nnc(-c3ccc(Br)cc3)o2)nc2sc(C)c(C)c2c1=O. The Kier molecular flexibility index (Phi) is 5.39. The highest BCUT2D eigenvalue weighted by Gasteiger charge is 2.17. The van der Waals surface area contributed by atoms with Gasteiger partial charge in [0.15, 0.2) is 5.16 Å². The normalized spacial score (nSPS) is 11.4. The van der Waals surface area contributed by atoms with Crippen molar-refractivity contribution in [3.05, 3.63) is 55.4 Å². The number of thioether (sulfide) groups is 1. The summed E-state index contributed by atoms with van der Waals surface area (Å²) in [5.74, 6) is 1.42. The zero-order valence-corrected chi connectivity index (χ0v) is 18.7. The molecule has 0 aliphatic carbocycles. The van der Waals surface area contributed by atoms with Crippen molar-refractivity contribution >= 4 is 49.2 Å². The number of hydrogen-bond donors (Lipinski definition) is 0. The number of fused-ring (bicyclic) bond motifs is 1. The minimum Gasteiger partial charge on any atom is -0.420 e. The third kappa shape index (κ3) is 3.54. The van der Waals surface area contributed by atoms with Gasteiger partial charge in [0.2, 0.25) is 11.8 Å². The van der Waals surface area contributed by atoms with Crippen molar-refractivity contribution in [3.8, 4) is 11.5 Å². The first-order valence-electron chi connectivity index (χ1n) is 8.69. The Morgan fingerprint density at radius 2 is 1.96 bits per heavy atom. The molecule has 4 rings (SSSR count). The molecule has 0 amide bonds. The van der Waals surface area contributed by atoms with Gasteiger partial charge in [-0.1, -0.05) is 27.7 Å². The Balaban J connectivity index is 1.61. The first-order valence-corrected chi connectivity index (χ1v) is 11.3. The quantitative estimate of drug-likeness (QED) is 0.291. The number of rotatable bonds is 5. The summed E-state index contributed by atoms with van der Waals surface area (Å²) in [5, 5.41) is 9.64. The van der Waals surface area contributed by atoms with Gasteiger partial charge < -0.3 is 4.42 Å². The minimum absolute atomic E-state index is 0.0120. The lowest BCUT2D eigenvalue weighted by Gasteiger charge is -2.08. The molecular formula is C19H17BrN4O2S2. The maximum absolute atomic E-state index is 12.9. The Morgan fingerprint density at radius 3 is 2.68 bits per heavy atom. The second-order valence-electron chi connectivity index (χ2n) is 6.20. The van der Waals surface area contributed by atoms with E-state index in [1.807, 2.05) is 45.0 Å². The maximum atomic E-state index is 12.9. The highest BCUT2D eigenvalue weighted by atomic mass is 79.9. The molecule has 1 aromatic carbocycles. The number of halogens is 1. The second-order valence-corrected chi connectivity index (χ2v) is 9.27. The number of benzene rings is 1. The van der Waals surface area contributed by atoms with Gasteiger partial charge in [-0.05, 0) is 50.6 Å². The Hall–Kier alpha value is -1.97. The zero-order valence-electron chi connectivity index (χ0n) is 15.5. The molecule has 0 spiro atoms. The van der Waals surface area contributed by atoms with Crippen LogP contribution in [0.2, 0.25) is 0 Å². The molecule has 0 atom stereocenters. The summed E-state index contributed by atoms with van der Waals surface area (Å²) in [5.41, 5.74) is 1.90. The summed E-state index contributed by atoms with van der Waals surface area (Å²) >= 11 is 6.40. The molecular weight excluding hydrogens is 460 g/mol. The molecule has 0 unspecified atom stereocenters. The summed E-state index contributed by atoms with van der Waals surface area (Å²) in [6, 6.07) is 7.69. The van der Waals surface area contributed by atoms with Crippen molar-refractivity contribution in [3.63, 3.8) is 0 Å². The summed E-state index contributed by atoms with van der Waals surface area (Å²) in [6.45, 7) is 6.51. The van der Waals surface area contributed by atoms with E-state index < -0.39 is 0 Å². The van der Waals surface area contributed by atoms with Gasteiger partial charge >= 0.3 is 0 Å². The Labute approximate surface area is 178 Å². The number of nitrogens with zero attached hydrogens (tertiary/aromatic N) is 4. The predicted molar refractivity (Wildman–Crippen MR) is 116 cm³/mol. The van der Waals surface area contributed by atoms with E-state index in [1.54, 1.807) is 15.9 Å². The van der Waals surface area contributed by atoms with Gasteiger partial charge in [0.1, 0.15) is 4.83 Å². The third-order valence-corrected chi connectivity index (χ3v) is 7.04. The fourth-order valence-corrected chi connectivity index (χ4v) is 5.08. The van der Waals surface area contributed by atoms with Crippen molar-refractivity contribution in [1.82, 2.24) is 19.7 Å². The molecule has 0 aliphatic rings. The standard InChI is InChI=1S/C19H17BrN4O2S2/c1-4-24-18(25)15-10(2)11(3)28-17(15)21-19(24)27-9-14-22-23-16(26-14)12-5-7-13(20)8-6-12/h5-8H,4,9H2,1-3H3. The van der Waals surface area contributed by atoms with E-state index in [2.05, 4.69) is 26.1 Å². The third-order valence-electron chi connectivity index (χ3n) is 4.45. The summed E-state index contributed by atoms with van der Waals surface area (Å²) in [6.07, 6.45) is 0. The lowest BCUT2D eigenvalue weighted by molar-refractivity contribution is 0.527. The molecule has 0 aliphatic heterocycles. The van der Waals surface area contributed by atoms with E-state index in [-0.39, 0.29) is 5.56 Å². The molecule has 0 saturated carbocycles. The molecule has 4 aromatic rings. The van der Waals surface area contributed by atoms with E-state index in [4.69, 9.17) is 9.40 Å². The van der Waals surface area contributed by atoms with Crippen LogP contribution in [0.15, 0.2) is 43.1 Å². The van der Waals surface area contributed by atoms with Crippen LogP contribution >= 0.6 is 39.0 Å². The number of thiophene rings is 1. The molecule has 0 fully saturated rings. The van der Waals surface area contributed by atoms with Crippen LogP contribution in [-0.4, -0.2) is 19.7 Å². The topological polar surface area (TPSA) is 73.8 Å². The Bertz CT molecular complexity index is 1210. The second kappa shape index (κ2) is 7.81. The van der Waals surface area contributed by atoms with Crippen LogP contribution in [0, 0.1) is 13.8 Å². The van der Waals surface area contributed by atoms with E-state index >= 15 is 0 Å². The Morgan fingerprint density at radius 1 is 1.21 bits per heavy atom. The van der Waals surface area contributed by atoms with Gasteiger partial charge in [-0.3, -0.25) is 9.36 Å². The highest BCUT2D eigenvalue weighted by molar-refractivity contribution is 9.10. The van der Waals surface area contributed by atoms with Crippen LogP contribution in [-0.2, 0) is 12.3 Å². The molecule has 0 saturated heterocycles. The van der Waals surface area contributed by atoms with Crippen molar-refractivity contribution < 1.29 is 4.42 Å². The largest absolute Gasteiger partial charge is 0.420 e. The van der Waals surface area contributed by atoms with Gasteiger partial charge in [0.05, 0.1) is 11.1 Å². The van der Waals surface area contributed by atoms with Crippen LogP contribution in [0.1, 0.15) is 23.3 Å². The first kappa shape index (κ1) is 19.4. The van der Waals surface area contributed by atoms with E-state index in [1.165, 1.54) is 11.8 Å². The van der Waals surface area contributed by atoms with Crippen LogP contribution in [0.3, 0.4) is 0 Å². The number of aromatic nitrogens is 4. The van der Waals surface area contributed by atoms with E-state index in [9.17, 15) is 4.79 Å². The van der Waals surface area contributed by atoms with Crippen LogP contribution in [0.25, 0.3) is 21.7 Å². The van der Waals surface area contributed by atoms with Gasteiger partial charge in [0.25, 0.3) is 5.56 Å². The molecule has 3 aromatic heterocycles. The van der Waals surface area contributed by atoms with E-state index in [0.717, 1.165) is 30.7 Å². The fraction of sp³-hybridized carbons (Fsp3) is 0.263. The summed E-state index contributed by atoms with van der Waals surface area (Å²) in [4.78, 5) is 19.5. The van der Waals surface area contributed by atoms with Gasteiger partial charge in [-0.2, -0.15) is 0 Å². The molecule has 6 nitrogen and oxygen atoms in total. The molecule has 9 heteroatoms. The van der Waals surface area contributed by atoms with Crippen molar-refractivity contribution in [2.45, 2.75) is 38.2 Å². The lowest BCUT2D eigenvalue weighted by Crippen LogP contribution is -2.22. The summed E-state index contributed by atoms with van der Waals surface area (Å²) < 4.78 is 8.47. The number of hydrogen-bond acceptors (Lipinski definition) is 7. The average molecular weight is 477 g/mol. The molecule has 0 N–H and O–H groups in total. The van der Waals surface area contributed by atoms with Crippen molar-refractivity contribution in [2.75, 3.05) is 0 Å². The van der Waals surface area contributed by atoms with Gasteiger partial charge in [-0.15, -0.1) is 21.5 Å². The maximum Gasteiger partial charge on any atom is 0.263 e. The summed E-state index contributed by atoms with van der Waals surface area (Å²) in [7, 11) is 0. The lowest BCUT2D eigenvalue weighted by atomic mass is 10.2. The molecule has 28 heavy (non-hydrogen) atoms. The molecule has 0 radical (unpaired) electrons. The zero-order chi connectivity index (χ0) is 19.8. The van der Waals surface area contributed by atoms with E-state index in [0.29, 0.717) is 29.2 Å². The fourth-order valence-electron chi connectivity index (χ4n) is 2.85. The van der Waals surface area contributed by atoms with Crippen molar-refractivity contribution in [2.24, 2.45) is 0 Å². The predicted octanol–water partition coefficient (Wildman–Crippen LogP) is 5.20.